The first-order valence-electron chi connectivity index (χ1n) is 7.82. The van der Waals surface area contributed by atoms with E-state index in [0.29, 0.717) is 11.3 Å². The van der Waals surface area contributed by atoms with Crippen LogP contribution in [-0.2, 0) is 6.54 Å². The molecule has 2 nitrogen and oxygen atoms in total. The van der Waals surface area contributed by atoms with Crippen molar-refractivity contribution in [2.75, 3.05) is 0 Å². The molecule has 0 bridgehead atoms. The fraction of sp³-hybridized carbons (Fsp3) is 0.647. The Kier molecular flexibility index (Phi) is 6.40. The topological polar surface area (TPSA) is 32.3 Å². The molecule has 1 fully saturated rings. The number of aliphatic hydroxyl groups is 1. The van der Waals surface area contributed by atoms with Crippen molar-refractivity contribution < 1.29 is 5.11 Å². The molecule has 0 spiro atoms. The van der Waals surface area contributed by atoms with Gasteiger partial charge in [0.25, 0.3) is 0 Å². The lowest BCUT2D eigenvalue weighted by molar-refractivity contribution is 0.163. The lowest BCUT2D eigenvalue weighted by atomic mass is 10.1. The van der Waals surface area contributed by atoms with Crippen LogP contribution in [0, 0.1) is 0 Å². The van der Waals surface area contributed by atoms with E-state index in [2.05, 4.69) is 43.4 Å². The largest absolute Gasteiger partial charge is 0.392 e. The Bertz CT molecular complexity index is 408. The summed E-state index contributed by atoms with van der Waals surface area (Å²) < 4.78 is 0. The van der Waals surface area contributed by atoms with E-state index >= 15 is 0 Å². The van der Waals surface area contributed by atoms with E-state index in [9.17, 15) is 5.11 Å². The minimum atomic E-state index is -0.139. The Morgan fingerprint density at radius 1 is 1.25 bits per heavy atom. The molecule has 1 aliphatic carbocycles. The van der Waals surface area contributed by atoms with Crippen LogP contribution in [0.25, 0.3) is 0 Å². The van der Waals surface area contributed by atoms with Crippen LogP contribution in [0.1, 0.15) is 51.5 Å². The molecule has 0 saturated heterocycles. The van der Waals surface area contributed by atoms with Crippen LogP contribution >= 0.6 is 11.8 Å². The molecule has 2 N–H and O–H groups in total. The minimum absolute atomic E-state index is 0.139. The quantitative estimate of drug-likeness (QED) is 0.806. The van der Waals surface area contributed by atoms with Gasteiger partial charge in [0.2, 0.25) is 0 Å². The number of nitrogens with one attached hydrogen (secondary N) is 1. The first-order valence-corrected chi connectivity index (χ1v) is 8.70. The van der Waals surface area contributed by atoms with E-state index in [-0.39, 0.29) is 6.10 Å². The number of hydrogen-bond acceptors (Lipinski definition) is 3. The Morgan fingerprint density at radius 3 is 2.85 bits per heavy atom. The first-order chi connectivity index (χ1) is 9.65. The summed E-state index contributed by atoms with van der Waals surface area (Å²) in [6.07, 6.45) is 5.67. The summed E-state index contributed by atoms with van der Waals surface area (Å²) in [6.45, 7) is 5.25. The molecule has 112 valence electrons. The minimum Gasteiger partial charge on any atom is -0.392 e. The molecule has 0 aromatic heterocycles. The number of thioether (sulfide) groups is 1. The van der Waals surface area contributed by atoms with E-state index in [0.717, 1.165) is 19.4 Å². The highest BCUT2D eigenvalue weighted by atomic mass is 32.2. The summed E-state index contributed by atoms with van der Waals surface area (Å²) in [5, 5.41) is 14.0. The van der Waals surface area contributed by atoms with Crippen molar-refractivity contribution in [1.29, 1.82) is 0 Å². The molecule has 0 heterocycles. The van der Waals surface area contributed by atoms with Gasteiger partial charge in [-0.25, -0.2) is 0 Å². The summed E-state index contributed by atoms with van der Waals surface area (Å²) in [7, 11) is 0. The third kappa shape index (κ3) is 5.12. The van der Waals surface area contributed by atoms with Gasteiger partial charge in [-0.3, -0.25) is 0 Å². The van der Waals surface area contributed by atoms with Crippen molar-refractivity contribution in [3.63, 3.8) is 0 Å². The van der Waals surface area contributed by atoms with Crippen LogP contribution < -0.4 is 5.32 Å². The zero-order valence-corrected chi connectivity index (χ0v) is 13.5. The maximum atomic E-state index is 10.2. The Hall–Kier alpha value is -0.510. The summed E-state index contributed by atoms with van der Waals surface area (Å²) in [5.74, 6) is 0. The summed E-state index contributed by atoms with van der Waals surface area (Å²) in [6, 6.07) is 9.24. The lowest BCUT2D eigenvalue weighted by Gasteiger charge is -2.20. The average molecular weight is 293 g/mol. The second-order valence-corrected chi connectivity index (χ2v) is 7.36. The highest BCUT2D eigenvalue weighted by Gasteiger charge is 2.22. The molecule has 1 aromatic carbocycles. The number of aliphatic hydroxyl groups excluding tert-OH is 1. The van der Waals surface area contributed by atoms with Gasteiger partial charge >= 0.3 is 0 Å². The van der Waals surface area contributed by atoms with E-state index in [1.807, 2.05) is 11.8 Å². The van der Waals surface area contributed by atoms with Crippen LogP contribution in [0.15, 0.2) is 29.2 Å². The van der Waals surface area contributed by atoms with Crippen LogP contribution in [0.2, 0.25) is 0 Å². The molecular weight excluding hydrogens is 266 g/mol. The van der Waals surface area contributed by atoms with Crippen LogP contribution in [0.5, 0.6) is 0 Å². The molecule has 2 rings (SSSR count). The Morgan fingerprint density at radius 2 is 2.05 bits per heavy atom. The smallest absolute Gasteiger partial charge is 0.0662 e. The van der Waals surface area contributed by atoms with E-state index in [1.54, 1.807) is 0 Å². The Balaban J connectivity index is 1.95. The molecule has 1 saturated carbocycles. The van der Waals surface area contributed by atoms with Gasteiger partial charge in [0, 0.05) is 22.7 Å². The number of benzene rings is 1. The average Bonchev–Trinajstić information content (AvgIpc) is 2.62. The number of rotatable bonds is 5. The molecule has 0 aliphatic heterocycles. The van der Waals surface area contributed by atoms with Gasteiger partial charge in [0.1, 0.15) is 0 Å². The predicted molar refractivity (Wildman–Crippen MR) is 87.2 cm³/mol. The van der Waals surface area contributed by atoms with E-state index in [1.165, 1.54) is 29.7 Å². The number of hydrogen-bond donors (Lipinski definition) is 2. The summed E-state index contributed by atoms with van der Waals surface area (Å²) >= 11 is 1.86. The van der Waals surface area contributed by atoms with Gasteiger partial charge in [-0.15, -0.1) is 11.8 Å². The predicted octanol–water partition coefficient (Wildman–Crippen LogP) is 3.97. The van der Waals surface area contributed by atoms with Crippen molar-refractivity contribution in [2.24, 2.45) is 0 Å². The van der Waals surface area contributed by atoms with Crippen LogP contribution in [0.3, 0.4) is 0 Å². The SMILES string of the molecule is CC(C)NCc1cccc(SC2CCCCCC2O)c1. The standard InChI is InChI=1S/C17H27NOS/c1-13(2)18-12-14-7-6-8-15(11-14)20-17-10-5-3-4-9-16(17)19/h6-8,11,13,16-19H,3-5,9-10,12H2,1-2H3. The van der Waals surface area contributed by atoms with Gasteiger partial charge in [0.15, 0.2) is 0 Å². The highest BCUT2D eigenvalue weighted by Crippen LogP contribution is 2.33. The second-order valence-electron chi connectivity index (χ2n) is 6.04. The molecule has 20 heavy (non-hydrogen) atoms. The van der Waals surface area contributed by atoms with Crippen molar-refractivity contribution in [2.45, 2.75) is 74.8 Å². The third-order valence-corrected chi connectivity index (χ3v) is 5.20. The maximum absolute atomic E-state index is 10.2. The molecule has 2 atom stereocenters. The van der Waals surface area contributed by atoms with Crippen molar-refractivity contribution in [3.8, 4) is 0 Å². The molecule has 0 radical (unpaired) electrons. The lowest BCUT2D eigenvalue weighted by Crippen LogP contribution is -2.22. The summed E-state index contributed by atoms with van der Waals surface area (Å²) in [4.78, 5) is 1.29. The zero-order valence-electron chi connectivity index (χ0n) is 12.6. The first kappa shape index (κ1) is 15.9. The van der Waals surface area contributed by atoms with Gasteiger partial charge in [-0.2, -0.15) is 0 Å². The van der Waals surface area contributed by atoms with Crippen LogP contribution in [-0.4, -0.2) is 22.5 Å². The van der Waals surface area contributed by atoms with Gasteiger partial charge in [-0.1, -0.05) is 45.2 Å². The van der Waals surface area contributed by atoms with Crippen molar-refractivity contribution in [1.82, 2.24) is 5.32 Å². The second kappa shape index (κ2) is 8.06. The molecular formula is C17H27NOS. The van der Waals surface area contributed by atoms with Crippen LogP contribution in [0.4, 0.5) is 0 Å². The Labute approximate surface area is 127 Å². The van der Waals surface area contributed by atoms with Gasteiger partial charge in [0.05, 0.1) is 6.10 Å². The highest BCUT2D eigenvalue weighted by molar-refractivity contribution is 8.00. The third-order valence-electron chi connectivity index (χ3n) is 3.82. The van der Waals surface area contributed by atoms with Gasteiger partial charge in [-0.05, 0) is 30.5 Å². The fourth-order valence-corrected chi connectivity index (χ4v) is 3.92. The van der Waals surface area contributed by atoms with Gasteiger partial charge < -0.3 is 10.4 Å². The monoisotopic (exact) mass is 293 g/mol. The fourth-order valence-electron chi connectivity index (χ4n) is 2.62. The molecule has 2 unspecified atom stereocenters. The van der Waals surface area contributed by atoms with Crippen molar-refractivity contribution in [3.05, 3.63) is 29.8 Å². The van der Waals surface area contributed by atoms with E-state index in [4.69, 9.17) is 0 Å². The maximum Gasteiger partial charge on any atom is 0.0662 e. The van der Waals surface area contributed by atoms with Crippen molar-refractivity contribution >= 4 is 11.8 Å². The summed E-state index contributed by atoms with van der Waals surface area (Å²) in [5.41, 5.74) is 1.33. The molecule has 0 amide bonds. The normalized spacial score (nSPS) is 23.8. The molecule has 3 heteroatoms. The molecule has 1 aromatic rings. The van der Waals surface area contributed by atoms with E-state index < -0.39 is 0 Å². The molecule has 1 aliphatic rings. The zero-order chi connectivity index (χ0) is 14.4.